The van der Waals surface area contributed by atoms with Crippen molar-refractivity contribution in [1.29, 1.82) is 0 Å². The SMILES string of the molecule is Cc1cc(C)c(NC(=S)N[C@H](NC(=O)c2ccccc2)C(Cl)(Cl)Cl)c(C)c1. The number of nitrogens with one attached hydrogen (secondary N) is 3. The second kappa shape index (κ2) is 9.11. The molecular formula is C19H20Cl3N3OS. The highest BCUT2D eigenvalue weighted by Crippen LogP contribution is 2.29. The van der Waals surface area contributed by atoms with E-state index in [1.54, 1.807) is 24.3 Å². The summed E-state index contributed by atoms with van der Waals surface area (Å²) in [5.41, 5.74) is 4.55. The average molecular weight is 445 g/mol. The first-order valence-electron chi connectivity index (χ1n) is 8.16. The maximum atomic E-state index is 12.4. The number of thiocarbonyl (C=S) groups is 1. The summed E-state index contributed by atoms with van der Waals surface area (Å²) in [6.45, 7) is 5.99. The molecular weight excluding hydrogens is 425 g/mol. The molecule has 2 aromatic carbocycles. The zero-order chi connectivity index (χ0) is 20.2. The molecule has 0 radical (unpaired) electrons. The van der Waals surface area contributed by atoms with Crippen molar-refractivity contribution in [3.05, 3.63) is 64.7 Å². The second-order valence-electron chi connectivity index (χ2n) is 6.19. The molecule has 0 heterocycles. The Hall–Kier alpha value is -1.53. The van der Waals surface area contributed by atoms with Crippen molar-refractivity contribution in [2.24, 2.45) is 0 Å². The predicted molar refractivity (Wildman–Crippen MR) is 118 cm³/mol. The number of carbonyl (C=O) groups excluding carboxylic acids is 1. The fourth-order valence-electron chi connectivity index (χ4n) is 2.66. The van der Waals surface area contributed by atoms with Crippen molar-refractivity contribution in [1.82, 2.24) is 10.6 Å². The summed E-state index contributed by atoms with van der Waals surface area (Å²) >= 11 is 23.4. The number of alkyl halides is 3. The van der Waals surface area contributed by atoms with Crippen molar-refractivity contribution in [3.63, 3.8) is 0 Å². The second-order valence-corrected chi connectivity index (χ2v) is 8.96. The zero-order valence-electron chi connectivity index (χ0n) is 15.1. The molecule has 0 saturated carbocycles. The number of aryl methyl sites for hydroxylation is 3. The Morgan fingerprint density at radius 2 is 1.56 bits per heavy atom. The van der Waals surface area contributed by atoms with E-state index in [9.17, 15) is 4.79 Å². The zero-order valence-corrected chi connectivity index (χ0v) is 18.2. The Balaban J connectivity index is 2.12. The molecule has 0 bridgehead atoms. The molecule has 4 nitrogen and oxygen atoms in total. The van der Waals surface area contributed by atoms with E-state index in [0.717, 1.165) is 22.4 Å². The lowest BCUT2D eigenvalue weighted by Gasteiger charge is -2.28. The van der Waals surface area contributed by atoms with E-state index in [-0.39, 0.29) is 11.0 Å². The third kappa shape index (κ3) is 6.25. The van der Waals surface area contributed by atoms with Gasteiger partial charge in [-0.05, 0) is 56.2 Å². The van der Waals surface area contributed by atoms with Gasteiger partial charge in [-0.2, -0.15) is 0 Å². The molecule has 27 heavy (non-hydrogen) atoms. The first-order valence-corrected chi connectivity index (χ1v) is 9.70. The lowest BCUT2D eigenvalue weighted by atomic mass is 10.1. The van der Waals surface area contributed by atoms with E-state index in [4.69, 9.17) is 47.0 Å². The standard InChI is InChI=1S/C19H20Cl3N3OS/c1-11-9-12(2)15(13(3)10-11)23-18(27)25-17(19(20,21)22)24-16(26)14-7-5-4-6-8-14/h4-10,17H,1-3H3,(H,24,26)(H2,23,25,27)/t17-/m0/s1. The van der Waals surface area contributed by atoms with Gasteiger partial charge in [0.1, 0.15) is 6.17 Å². The normalized spacial score (nSPS) is 12.2. The molecule has 0 spiro atoms. The van der Waals surface area contributed by atoms with E-state index in [0.29, 0.717) is 5.56 Å². The van der Waals surface area contributed by atoms with Gasteiger partial charge in [0.15, 0.2) is 5.11 Å². The maximum absolute atomic E-state index is 12.4. The quantitative estimate of drug-likeness (QED) is 0.352. The Bertz CT molecular complexity index is 815. The van der Waals surface area contributed by atoms with Crippen LogP contribution in [0.2, 0.25) is 0 Å². The monoisotopic (exact) mass is 443 g/mol. The third-order valence-electron chi connectivity index (χ3n) is 3.83. The summed E-state index contributed by atoms with van der Waals surface area (Å²) in [6, 6.07) is 12.7. The molecule has 3 N–H and O–H groups in total. The lowest BCUT2D eigenvalue weighted by molar-refractivity contribution is 0.0934. The highest BCUT2D eigenvalue weighted by Gasteiger charge is 2.35. The molecule has 0 saturated heterocycles. The number of anilines is 1. The van der Waals surface area contributed by atoms with Crippen molar-refractivity contribution in [2.45, 2.75) is 30.7 Å². The molecule has 0 unspecified atom stereocenters. The number of hydrogen-bond acceptors (Lipinski definition) is 2. The van der Waals surface area contributed by atoms with Crippen molar-refractivity contribution in [2.75, 3.05) is 5.32 Å². The van der Waals surface area contributed by atoms with Crippen LogP contribution in [0, 0.1) is 20.8 Å². The van der Waals surface area contributed by atoms with Gasteiger partial charge >= 0.3 is 0 Å². The molecule has 1 atom stereocenters. The van der Waals surface area contributed by atoms with Crippen molar-refractivity contribution < 1.29 is 4.79 Å². The van der Waals surface area contributed by atoms with Gasteiger partial charge < -0.3 is 16.0 Å². The van der Waals surface area contributed by atoms with Gasteiger partial charge in [-0.3, -0.25) is 4.79 Å². The molecule has 0 fully saturated rings. The highest BCUT2D eigenvalue weighted by molar-refractivity contribution is 7.80. The van der Waals surface area contributed by atoms with Crippen LogP contribution in [-0.4, -0.2) is 21.0 Å². The largest absolute Gasteiger partial charge is 0.339 e. The topological polar surface area (TPSA) is 53.2 Å². The minimum atomic E-state index is -1.81. The maximum Gasteiger partial charge on any atom is 0.252 e. The van der Waals surface area contributed by atoms with Crippen LogP contribution in [0.5, 0.6) is 0 Å². The van der Waals surface area contributed by atoms with Crippen LogP contribution < -0.4 is 16.0 Å². The van der Waals surface area contributed by atoms with Gasteiger partial charge in [0.2, 0.25) is 3.79 Å². The first-order chi connectivity index (χ1) is 12.6. The van der Waals surface area contributed by atoms with Gasteiger partial charge in [0.25, 0.3) is 5.91 Å². The Kier molecular flexibility index (Phi) is 7.34. The minimum Gasteiger partial charge on any atom is -0.339 e. The van der Waals surface area contributed by atoms with Crippen LogP contribution in [0.3, 0.4) is 0 Å². The molecule has 2 aromatic rings. The molecule has 0 aromatic heterocycles. The van der Waals surface area contributed by atoms with Gasteiger partial charge in [-0.25, -0.2) is 0 Å². The molecule has 8 heteroatoms. The fourth-order valence-corrected chi connectivity index (χ4v) is 3.21. The molecule has 1 amide bonds. The van der Waals surface area contributed by atoms with Gasteiger partial charge in [-0.1, -0.05) is 70.7 Å². The molecule has 0 aliphatic rings. The fraction of sp³-hybridized carbons (Fsp3) is 0.263. The summed E-state index contributed by atoms with van der Waals surface area (Å²) in [4.78, 5) is 12.4. The summed E-state index contributed by atoms with van der Waals surface area (Å²) in [6.07, 6.45) is -1.03. The summed E-state index contributed by atoms with van der Waals surface area (Å²) in [7, 11) is 0. The van der Waals surface area contributed by atoms with Crippen LogP contribution >= 0.6 is 47.0 Å². The predicted octanol–water partition coefficient (Wildman–Crippen LogP) is 5.02. The van der Waals surface area contributed by atoms with E-state index in [1.165, 1.54) is 0 Å². The summed E-state index contributed by atoms with van der Waals surface area (Å²) < 4.78 is -1.81. The number of amides is 1. The summed E-state index contributed by atoms with van der Waals surface area (Å²) in [5.74, 6) is -0.384. The van der Waals surface area contributed by atoms with Crippen LogP contribution in [0.4, 0.5) is 5.69 Å². The molecule has 0 aliphatic carbocycles. The molecule has 2 rings (SSSR count). The van der Waals surface area contributed by atoms with Crippen LogP contribution in [-0.2, 0) is 0 Å². The molecule has 0 aliphatic heterocycles. The number of benzene rings is 2. The lowest BCUT2D eigenvalue weighted by Crippen LogP contribution is -2.56. The van der Waals surface area contributed by atoms with E-state index in [1.807, 2.05) is 39.0 Å². The van der Waals surface area contributed by atoms with Crippen LogP contribution in [0.25, 0.3) is 0 Å². The van der Waals surface area contributed by atoms with E-state index in [2.05, 4.69) is 16.0 Å². The van der Waals surface area contributed by atoms with Gasteiger partial charge in [0.05, 0.1) is 0 Å². The Labute approximate surface area is 179 Å². The number of carbonyl (C=O) groups is 1. The highest BCUT2D eigenvalue weighted by atomic mass is 35.6. The van der Waals surface area contributed by atoms with Gasteiger partial charge in [-0.15, -0.1) is 0 Å². The first kappa shape index (κ1) is 21.8. The number of halogens is 3. The number of hydrogen-bond donors (Lipinski definition) is 3. The van der Waals surface area contributed by atoms with E-state index < -0.39 is 9.96 Å². The smallest absolute Gasteiger partial charge is 0.252 e. The van der Waals surface area contributed by atoms with Crippen molar-refractivity contribution in [3.8, 4) is 0 Å². The molecule has 144 valence electrons. The third-order valence-corrected chi connectivity index (χ3v) is 4.70. The average Bonchev–Trinajstić information content (AvgIpc) is 2.57. The van der Waals surface area contributed by atoms with Crippen LogP contribution in [0.1, 0.15) is 27.0 Å². The van der Waals surface area contributed by atoms with Crippen LogP contribution in [0.15, 0.2) is 42.5 Å². The Morgan fingerprint density at radius 1 is 1.00 bits per heavy atom. The minimum absolute atomic E-state index is 0.231. The van der Waals surface area contributed by atoms with Gasteiger partial charge in [0, 0.05) is 11.3 Å². The number of rotatable bonds is 4. The van der Waals surface area contributed by atoms with Crippen molar-refractivity contribution >= 4 is 63.7 Å². The van der Waals surface area contributed by atoms with E-state index >= 15 is 0 Å². The Morgan fingerprint density at radius 3 is 2.07 bits per heavy atom. The summed E-state index contributed by atoms with van der Waals surface area (Å²) in [5, 5.41) is 8.87.